The van der Waals surface area contributed by atoms with Gasteiger partial charge in [-0.05, 0) is 42.7 Å². The van der Waals surface area contributed by atoms with Crippen LogP contribution in [-0.4, -0.2) is 63.3 Å². The Hall–Kier alpha value is -2.97. The summed E-state index contributed by atoms with van der Waals surface area (Å²) in [6.07, 6.45) is 2.38. The summed E-state index contributed by atoms with van der Waals surface area (Å²) >= 11 is 0. The molecule has 0 radical (unpaired) electrons. The Balaban J connectivity index is 1.66. The van der Waals surface area contributed by atoms with Gasteiger partial charge in [0.1, 0.15) is 11.4 Å². The van der Waals surface area contributed by atoms with E-state index in [9.17, 15) is 9.59 Å². The molecule has 1 aromatic heterocycles. The van der Waals surface area contributed by atoms with Crippen LogP contribution in [0.1, 0.15) is 44.9 Å². The summed E-state index contributed by atoms with van der Waals surface area (Å²) in [7, 11) is 3.16. The number of nitrogens with zero attached hydrogens (tertiary/aromatic N) is 1. The third-order valence-corrected chi connectivity index (χ3v) is 5.11. The predicted molar refractivity (Wildman–Crippen MR) is 118 cm³/mol. The van der Waals surface area contributed by atoms with Gasteiger partial charge >= 0.3 is 0 Å². The summed E-state index contributed by atoms with van der Waals surface area (Å²) in [5.41, 5.74) is 2.26. The molecule has 0 spiro atoms. The number of pyridine rings is 1. The second kappa shape index (κ2) is 11.4. The molecule has 1 aliphatic rings. The first-order valence-electron chi connectivity index (χ1n) is 10.6. The highest BCUT2D eigenvalue weighted by Gasteiger charge is 2.16. The van der Waals surface area contributed by atoms with Gasteiger partial charge in [-0.1, -0.05) is 12.1 Å². The van der Waals surface area contributed by atoms with Crippen molar-refractivity contribution in [2.75, 3.05) is 40.4 Å². The Morgan fingerprint density at radius 2 is 2.13 bits per heavy atom. The first-order valence-corrected chi connectivity index (χ1v) is 10.6. The Labute approximate surface area is 182 Å². The van der Waals surface area contributed by atoms with Crippen LogP contribution in [0, 0.1) is 0 Å². The molecule has 1 aromatic carbocycles. The Kier molecular flexibility index (Phi) is 8.37. The van der Waals surface area contributed by atoms with Crippen molar-refractivity contribution in [3.63, 3.8) is 0 Å². The highest BCUT2D eigenvalue weighted by Crippen LogP contribution is 2.17. The van der Waals surface area contributed by atoms with Crippen molar-refractivity contribution >= 4 is 11.8 Å². The number of amides is 2. The number of carbonyl (C=O) groups is 2. The van der Waals surface area contributed by atoms with Crippen molar-refractivity contribution in [3.05, 3.63) is 58.9 Å². The zero-order chi connectivity index (χ0) is 22.1. The van der Waals surface area contributed by atoms with E-state index in [-0.39, 0.29) is 23.6 Å². The number of nitrogens with one attached hydrogen (secondary N) is 3. The van der Waals surface area contributed by atoms with Gasteiger partial charge in [-0.25, -0.2) is 4.98 Å². The molecule has 0 aliphatic carbocycles. The number of benzene rings is 1. The molecule has 2 aromatic rings. The second-order valence-corrected chi connectivity index (χ2v) is 7.43. The summed E-state index contributed by atoms with van der Waals surface area (Å²) in [6, 6.07) is 10.9. The van der Waals surface area contributed by atoms with Crippen molar-refractivity contribution < 1.29 is 19.1 Å². The molecule has 3 rings (SSSR count). The number of hydrogen-bond donors (Lipinski definition) is 3. The SMILES string of the molecule is CNC(=O)c1cc(C(=O)NCCC[C@@H]2CNCCO2)cc(Cc2cccc(OC)c2)n1. The first kappa shape index (κ1) is 22.7. The van der Waals surface area contributed by atoms with E-state index in [1.54, 1.807) is 20.2 Å². The van der Waals surface area contributed by atoms with Crippen molar-refractivity contribution in [2.24, 2.45) is 0 Å². The van der Waals surface area contributed by atoms with E-state index in [1.165, 1.54) is 6.07 Å². The number of morpholine rings is 1. The van der Waals surface area contributed by atoms with Crippen LogP contribution in [0.3, 0.4) is 0 Å². The maximum absolute atomic E-state index is 12.7. The van der Waals surface area contributed by atoms with Crippen LogP contribution in [0.15, 0.2) is 36.4 Å². The van der Waals surface area contributed by atoms with Crippen LogP contribution in [0.5, 0.6) is 5.75 Å². The van der Waals surface area contributed by atoms with Crippen LogP contribution >= 0.6 is 0 Å². The summed E-state index contributed by atoms with van der Waals surface area (Å²) < 4.78 is 10.9. The third kappa shape index (κ3) is 6.77. The fraction of sp³-hybridized carbons (Fsp3) is 0.435. The fourth-order valence-corrected chi connectivity index (χ4v) is 3.48. The molecule has 3 N–H and O–H groups in total. The number of hydrogen-bond acceptors (Lipinski definition) is 6. The fourth-order valence-electron chi connectivity index (χ4n) is 3.48. The summed E-state index contributed by atoms with van der Waals surface area (Å²) in [6.45, 7) is 3.01. The van der Waals surface area contributed by atoms with E-state index in [1.807, 2.05) is 24.3 Å². The lowest BCUT2D eigenvalue weighted by Gasteiger charge is -2.23. The van der Waals surface area contributed by atoms with Gasteiger partial charge in [-0.15, -0.1) is 0 Å². The minimum absolute atomic E-state index is 0.195. The van der Waals surface area contributed by atoms with Crippen molar-refractivity contribution in [1.29, 1.82) is 0 Å². The number of methoxy groups -OCH3 is 1. The molecule has 1 saturated heterocycles. The highest BCUT2D eigenvalue weighted by molar-refractivity contribution is 5.98. The second-order valence-electron chi connectivity index (χ2n) is 7.43. The molecule has 2 heterocycles. The molecular weight excluding hydrogens is 396 g/mol. The van der Waals surface area contributed by atoms with E-state index in [0.717, 1.165) is 43.9 Å². The average Bonchev–Trinajstić information content (AvgIpc) is 2.81. The summed E-state index contributed by atoms with van der Waals surface area (Å²) in [5, 5.41) is 8.81. The van der Waals surface area contributed by atoms with Gasteiger partial charge in [-0.3, -0.25) is 9.59 Å². The van der Waals surface area contributed by atoms with Crippen LogP contribution in [-0.2, 0) is 11.2 Å². The lowest BCUT2D eigenvalue weighted by atomic mass is 10.1. The van der Waals surface area contributed by atoms with Gasteiger partial charge in [0.05, 0.1) is 19.8 Å². The van der Waals surface area contributed by atoms with Crippen molar-refractivity contribution in [3.8, 4) is 5.75 Å². The zero-order valence-corrected chi connectivity index (χ0v) is 18.1. The van der Waals surface area contributed by atoms with E-state index in [4.69, 9.17) is 9.47 Å². The molecule has 1 fully saturated rings. The van der Waals surface area contributed by atoms with Crippen molar-refractivity contribution in [1.82, 2.24) is 20.9 Å². The normalized spacial score (nSPS) is 15.9. The van der Waals surface area contributed by atoms with E-state index >= 15 is 0 Å². The smallest absolute Gasteiger partial charge is 0.269 e. The molecule has 166 valence electrons. The highest BCUT2D eigenvalue weighted by atomic mass is 16.5. The van der Waals surface area contributed by atoms with Crippen LogP contribution in [0.2, 0.25) is 0 Å². The number of aromatic nitrogens is 1. The topological polar surface area (TPSA) is 102 Å². The third-order valence-electron chi connectivity index (χ3n) is 5.11. The Morgan fingerprint density at radius 3 is 2.87 bits per heavy atom. The number of carbonyl (C=O) groups excluding carboxylic acids is 2. The van der Waals surface area contributed by atoms with E-state index in [0.29, 0.717) is 24.2 Å². The van der Waals surface area contributed by atoms with Gasteiger partial charge < -0.3 is 25.4 Å². The molecule has 2 amide bonds. The molecule has 0 bridgehead atoms. The number of ether oxygens (including phenoxy) is 2. The largest absolute Gasteiger partial charge is 0.497 e. The molecule has 1 atom stereocenters. The van der Waals surface area contributed by atoms with Gasteiger partial charge in [0.25, 0.3) is 11.8 Å². The first-order chi connectivity index (χ1) is 15.1. The molecule has 0 unspecified atom stereocenters. The van der Waals surface area contributed by atoms with Gasteiger partial charge in [0.2, 0.25) is 0 Å². The minimum atomic E-state index is -0.330. The summed E-state index contributed by atoms with van der Waals surface area (Å²) in [5.74, 6) is 0.195. The summed E-state index contributed by atoms with van der Waals surface area (Å²) in [4.78, 5) is 29.4. The zero-order valence-electron chi connectivity index (χ0n) is 18.1. The quantitative estimate of drug-likeness (QED) is 0.526. The van der Waals surface area contributed by atoms with Gasteiger partial charge in [-0.2, -0.15) is 0 Å². The molecule has 0 saturated carbocycles. The molecule has 8 heteroatoms. The van der Waals surface area contributed by atoms with E-state index in [2.05, 4.69) is 20.9 Å². The lowest BCUT2D eigenvalue weighted by Crippen LogP contribution is -2.38. The number of rotatable bonds is 9. The van der Waals surface area contributed by atoms with Crippen LogP contribution < -0.4 is 20.7 Å². The van der Waals surface area contributed by atoms with Crippen LogP contribution in [0.4, 0.5) is 0 Å². The molecule has 8 nitrogen and oxygen atoms in total. The van der Waals surface area contributed by atoms with Crippen LogP contribution in [0.25, 0.3) is 0 Å². The van der Waals surface area contributed by atoms with Gasteiger partial charge in [0.15, 0.2) is 0 Å². The maximum atomic E-state index is 12.7. The molecule has 31 heavy (non-hydrogen) atoms. The maximum Gasteiger partial charge on any atom is 0.269 e. The Bertz CT molecular complexity index is 897. The Morgan fingerprint density at radius 1 is 1.26 bits per heavy atom. The minimum Gasteiger partial charge on any atom is -0.497 e. The van der Waals surface area contributed by atoms with Gasteiger partial charge in [0, 0.05) is 44.4 Å². The monoisotopic (exact) mass is 426 g/mol. The van der Waals surface area contributed by atoms with Crippen molar-refractivity contribution in [2.45, 2.75) is 25.4 Å². The lowest BCUT2D eigenvalue weighted by molar-refractivity contribution is 0.0225. The molecule has 1 aliphatic heterocycles. The average molecular weight is 427 g/mol. The predicted octanol–water partition coefficient (Wildman–Crippen LogP) is 1.54. The standard InChI is InChI=1S/C23H30N4O4/c1-24-23(29)21-14-17(22(28)26-8-4-7-20-15-25-9-10-31-20)13-18(27-21)11-16-5-3-6-19(12-16)30-2/h3,5-6,12-14,20,25H,4,7-11,15H2,1-2H3,(H,24,29)(H,26,28)/t20-/m1/s1. The molecular formula is C23H30N4O4. The van der Waals surface area contributed by atoms with E-state index < -0.39 is 0 Å².